The van der Waals surface area contributed by atoms with Gasteiger partial charge in [-0.05, 0) is 5.92 Å². The SMILES string of the molecule is CC(C)CN1C(N)=CC(=O)NC1S(=O)(=O)O. The molecule has 0 spiro atoms. The van der Waals surface area contributed by atoms with Crippen molar-refractivity contribution >= 4 is 16.0 Å². The van der Waals surface area contributed by atoms with Gasteiger partial charge in [0.1, 0.15) is 5.82 Å². The van der Waals surface area contributed by atoms with E-state index in [2.05, 4.69) is 5.32 Å². The molecule has 0 aliphatic carbocycles. The normalized spacial score (nSPS) is 22.0. The van der Waals surface area contributed by atoms with Gasteiger partial charge in [-0.3, -0.25) is 9.35 Å². The van der Waals surface area contributed by atoms with Crippen molar-refractivity contribution in [3.05, 3.63) is 11.9 Å². The highest BCUT2D eigenvalue weighted by molar-refractivity contribution is 7.86. The first-order valence-corrected chi connectivity index (χ1v) is 6.22. The first-order valence-electron chi connectivity index (χ1n) is 4.72. The van der Waals surface area contributed by atoms with Crippen molar-refractivity contribution in [2.75, 3.05) is 6.54 Å². The fourth-order valence-corrected chi connectivity index (χ4v) is 2.22. The Hall–Kier alpha value is -1.28. The summed E-state index contributed by atoms with van der Waals surface area (Å²) in [5.74, 6) is -0.480. The zero-order chi connectivity index (χ0) is 12.5. The summed E-state index contributed by atoms with van der Waals surface area (Å²) in [6.07, 6.45) is 1.09. The van der Waals surface area contributed by atoms with Gasteiger partial charge in [0, 0.05) is 12.6 Å². The molecule has 8 heteroatoms. The highest BCUT2D eigenvalue weighted by Crippen LogP contribution is 2.15. The van der Waals surface area contributed by atoms with Crippen molar-refractivity contribution < 1.29 is 17.8 Å². The second-order valence-corrected chi connectivity index (χ2v) is 5.47. The molecule has 0 fully saturated rings. The Morgan fingerprint density at radius 3 is 2.62 bits per heavy atom. The lowest BCUT2D eigenvalue weighted by molar-refractivity contribution is -0.118. The standard InChI is InChI=1S/C8H15N3O4S/c1-5(2)4-11-6(9)3-7(12)10-8(11)16(13,14)15/h3,5,8H,4,9H2,1-2H3,(H,10,12)(H,13,14,15). The summed E-state index contributed by atoms with van der Waals surface area (Å²) >= 11 is 0. The Kier molecular flexibility index (Phi) is 3.44. The summed E-state index contributed by atoms with van der Waals surface area (Å²) in [4.78, 5) is 12.3. The summed E-state index contributed by atoms with van der Waals surface area (Å²) in [5, 5.41) is 2.13. The number of rotatable bonds is 3. The number of hydrogen-bond acceptors (Lipinski definition) is 5. The van der Waals surface area contributed by atoms with Crippen molar-refractivity contribution in [1.82, 2.24) is 10.2 Å². The average molecular weight is 249 g/mol. The van der Waals surface area contributed by atoms with Crippen LogP contribution in [0.25, 0.3) is 0 Å². The third-order valence-electron chi connectivity index (χ3n) is 2.00. The molecule has 1 atom stereocenters. The van der Waals surface area contributed by atoms with Gasteiger partial charge in [0.05, 0.1) is 0 Å². The summed E-state index contributed by atoms with van der Waals surface area (Å²) < 4.78 is 31.2. The second kappa shape index (κ2) is 4.30. The smallest absolute Gasteiger partial charge is 0.306 e. The van der Waals surface area contributed by atoms with Crippen LogP contribution in [0.4, 0.5) is 0 Å². The van der Waals surface area contributed by atoms with Crippen LogP contribution in [0.1, 0.15) is 13.8 Å². The van der Waals surface area contributed by atoms with Gasteiger partial charge in [-0.1, -0.05) is 13.8 Å². The molecule has 0 radical (unpaired) electrons. The van der Waals surface area contributed by atoms with E-state index in [0.29, 0.717) is 6.54 Å². The van der Waals surface area contributed by atoms with Crippen LogP contribution >= 0.6 is 0 Å². The Bertz CT molecular complexity index is 415. The molecule has 4 N–H and O–H groups in total. The van der Waals surface area contributed by atoms with E-state index >= 15 is 0 Å². The van der Waals surface area contributed by atoms with Crippen molar-refractivity contribution in [2.24, 2.45) is 11.7 Å². The Balaban J connectivity index is 3.06. The fourth-order valence-electron chi connectivity index (χ4n) is 1.42. The molecule has 0 bridgehead atoms. The number of hydrogen-bond donors (Lipinski definition) is 3. The molecule has 0 saturated heterocycles. The zero-order valence-corrected chi connectivity index (χ0v) is 9.86. The van der Waals surface area contributed by atoms with Crippen LogP contribution in [-0.4, -0.2) is 35.8 Å². The topological polar surface area (TPSA) is 113 Å². The second-order valence-electron chi connectivity index (χ2n) is 3.99. The fraction of sp³-hybridized carbons (Fsp3) is 0.625. The van der Waals surface area contributed by atoms with Crippen molar-refractivity contribution in [3.63, 3.8) is 0 Å². The van der Waals surface area contributed by atoms with Crippen LogP contribution in [0.5, 0.6) is 0 Å². The highest BCUT2D eigenvalue weighted by atomic mass is 32.2. The minimum atomic E-state index is -4.41. The quantitative estimate of drug-likeness (QED) is 0.556. The van der Waals surface area contributed by atoms with Crippen molar-refractivity contribution in [3.8, 4) is 0 Å². The number of carbonyl (C=O) groups is 1. The van der Waals surface area contributed by atoms with Gasteiger partial charge in [-0.25, -0.2) is 0 Å². The van der Waals surface area contributed by atoms with E-state index in [1.807, 2.05) is 13.8 Å². The maximum Gasteiger partial charge on any atom is 0.306 e. The number of amides is 1. The van der Waals surface area contributed by atoms with Gasteiger partial charge in [-0.15, -0.1) is 0 Å². The molecule has 0 aromatic rings. The van der Waals surface area contributed by atoms with Crippen LogP contribution in [0.3, 0.4) is 0 Å². The van der Waals surface area contributed by atoms with E-state index in [1.165, 1.54) is 4.90 Å². The van der Waals surface area contributed by atoms with E-state index in [9.17, 15) is 13.2 Å². The third-order valence-corrected chi connectivity index (χ3v) is 2.94. The van der Waals surface area contributed by atoms with Gasteiger partial charge < -0.3 is 16.0 Å². The summed E-state index contributed by atoms with van der Waals surface area (Å²) in [6, 6.07) is 0. The summed E-state index contributed by atoms with van der Waals surface area (Å²) in [5.41, 5.74) is 4.05. The molecule has 0 aromatic carbocycles. The van der Waals surface area contributed by atoms with Gasteiger partial charge in [0.25, 0.3) is 0 Å². The minimum Gasteiger partial charge on any atom is -0.385 e. The predicted molar refractivity (Wildman–Crippen MR) is 57.3 cm³/mol. The highest BCUT2D eigenvalue weighted by Gasteiger charge is 2.35. The van der Waals surface area contributed by atoms with Crippen LogP contribution in [0.15, 0.2) is 11.9 Å². The zero-order valence-electron chi connectivity index (χ0n) is 9.04. The average Bonchev–Trinajstić information content (AvgIpc) is 2.06. The molecule has 1 amide bonds. The van der Waals surface area contributed by atoms with Crippen molar-refractivity contribution in [2.45, 2.75) is 19.3 Å². The van der Waals surface area contributed by atoms with Gasteiger partial charge in [0.2, 0.25) is 11.4 Å². The maximum atomic E-state index is 11.1. The molecular formula is C8H15N3O4S. The largest absolute Gasteiger partial charge is 0.385 e. The molecule has 16 heavy (non-hydrogen) atoms. The lowest BCUT2D eigenvalue weighted by atomic mass is 10.2. The van der Waals surface area contributed by atoms with Crippen molar-refractivity contribution in [1.29, 1.82) is 0 Å². The Morgan fingerprint density at radius 2 is 2.19 bits per heavy atom. The Labute approximate surface area is 94.0 Å². The molecule has 1 unspecified atom stereocenters. The lowest BCUT2D eigenvalue weighted by Crippen LogP contribution is -2.57. The molecule has 1 aliphatic rings. The van der Waals surface area contributed by atoms with Crippen LogP contribution < -0.4 is 11.1 Å². The Morgan fingerprint density at radius 1 is 1.62 bits per heavy atom. The lowest BCUT2D eigenvalue weighted by Gasteiger charge is -2.35. The number of nitrogens with one attached hydrogen (secondary N) is 1. The molecule has 1 heterocycles. The van der Waals surface area contributed by atoms with E-state index in [-0.39, 0.29) is 11.7 Å². The molecule has 1 rings (SSSR count). The number of carbonyl (C=O) groups excluding carboxylic acids is 1. The first kappa shape index (κ1) is 12.8. The van der Waals surface area contributed by atoms with Crippen LogP contribution in [-0.2, 0) is 14.9 Å². The molecule has 7 nitrogen and oxygen atoms in total. The first-order chi connectivity index (χ1) is 7.21. The molecule has 92 valence electrons. The van der Waals surface area contributed by atoms with E-state index in [1.54, 1.807) is 0 Å². The van der Waals surface area contributed by atoms with E-state index in [4.69, 9.17) is 10.3 Å². The van der Waals surface area contributed by atoms with Gasteiger partial charge in [-0.2, -0.15) is 8.42 Å². The molecule has 0 saturated carbocycles. The van der Waals surface area contributed by atoms with Gasteiger partial charge in [0.15, 0.2) is 0 Å². The van der Waals surface area contributed by atoms with Gasteiger partial charge >= 0.3 is 10.1 Å². The summed E-state index contributed by atoms with van der Waals surface area (Å²) in [6.45, 7) is 4.04. The maximum absolute atomic E-state index is 11.1. The third kappa shape index (κ3) is 2.86. The van der Waals surface area contributed by atoms with E-state index in [0.717, 1.165) is 6.08 Å². The predicted octanol–water partition coefficient (Wildman–Crippen LogP) is -0.954. The molecular weight excluding hydrogens is 234 g/mol. The summed E-state index contributed by atoms with van der Waals surface area (Å²) in [7, 11) is -4.41. The monoisotopic (exact) mass is 249 g/mol. The van der Waals surface area contributed by atoms with Crippen LogP contribution in [0, 0.1) is 5.92 Å². The minimum absolute atomic E-state index is 0.0278. The van der Waals surface area contributed by atoms with E-state index < -0.39 is 21.5 Å². The molecule has 1 aliphatic heterocycles. The number of nitrogens with zero attached hydrogens (tertiary/aromatic N) is 1. The molecule has 0 aromatic heterocycles. The van der Waals surface area contributed by atoms with Crippen LogP contribution in [0.2, 0.25) is 0 Å². The number of nitrogens with two attached hydrogens (primary N) is 1.